The van der Waals surface area contributed by atoms with Gasteiger partial charge in [0.25, 0.3) is 0 Å². The van der Waals surface area contributed by atoms with Crippen molar-refractivity contribution in [2.75, 3.05) is 33.3 Å². The van der Waals surface area contributed by atoms with E-state index < -0.39 is 22.2 Å². The van der Waals surface area contributed by atoms with E-state index in [1.165, 1.54) is 31.1 Å². The molecular weight excluding hydrogens is 559 g/mol. The minimum absolute atomic E-state index is 0.169. The summed E-state index contributed by atoms with van der Waals surface area (Å²) in [6.07, 6.45) is -2.71. The molecule has 0 radical (unpaired) electrons. The molecule has 222 valence electrons. The van der Waals surface area contributed by atoms with Crippen LogP contribution >= 0.6 is 0 Å². The molecule has 1 heterocycles. The number of nitrogens with zero attached hydrogens (tertiary/aromatic N) is 1. The molecular formula is C29H34F3N3O5S. The molecule has 0 saturated carbocycles. The van der Waals surface area contributed by atoms with E-state index in [2.05, 4.69) is 39.2 Å². The predicted molar refractivity (Wildman–Crippen MR) is 150 cm³/mol. The van der Waals surface area contributed by atoms with E-state index in [9.17, 15) is 21.6 Å². The van der Waals surface area contributed by atoms with Gasteiger partial charge >= 0.3 is 12.1 Å². The largest absolute Gasteiger partial charge is 0.495 e. The van der Waals surface area contributed by atoms with Crippen molar-refractivity contribution in [3.8, 4) is 16.9 Å². The summed E-state index contributed by atoms with van der Waals surface area (Å²) in [5.74, 6) is -2.41. The van der Waals surface area contributed by atoms with Gasteiger partial charge < -0.3 is 20.1 Å². The van der Waals surface area contributed by atoms with Gasteiger partial charge in [-0.1, -0.05) is 60.7 Å². The Hall–Kier alpha value is -3.45. The van der Waals surface area contributed by atoms with Crippen LogP contribution in [0.2, 0.25) is 0 Å². The Kier molecular flexibility index (Phi) is 11.7. The van der Waals surface area contributed by atoms with Crippen molar-refractivity contribution in [3.63, 3.8) is 0 Å². The van der Waals surface area contributed by atoms with Gasteiger partial charge in [-0.15, -0.1) is 0 Å². The lowest BCUT2D eigenvalue weighted by Gasteiger charge is -2.16. The number of benzene rings is 3. The lowest BCUT2D eigenvalue weighted by molar-refractivity contribution is -0.192. The molecule has 3 aromatic carbocycles. The number of aliphatic carboxylic acids is 1. The van der Waals surface area contributed by atoms with Crippen molar-refractivity contribution >= 4 is 16.0 Å². The zero-order valence-electron chi connectivity index (χ0n) is 22.7. The maximum Gasteiger partial charge on any atom is 0.490 e. The fraction of sp³-hybridized carbons (Fsp3) is 0.345. The van der Waals surface area contributed by atoms with Gasteiger partial charge in [-0.25, -0.2) is 17.9 Å². The molecule has 0 aliphatic carbocycles. The third-order valence-electron chi connectivity index (χ3n) is 6.40. The lowest BCUT2D eigenvalue weighted by Crippen LogP contribution is -2.33. The average molecular weight is 594 g/mol. The van der Waals surface area contributed by atoms with Gasteiger partial charge in [0.2, 0.25) is 10.0 Å². The Balaban J connectivity index is 0.000000587. The van der Waals surface area contributed by atoms with Crippen LogP contribution in [0.3, 0.4) is 0 Å². The summed E-state index contributed by atoms with van der Waals surface area (Å²) in [5, 5.41) is 10.6. The topological polar surface area (TPSA) is 108 Å². The molecule has 12 heteroatoms. The zero-order chi connectivity index (χ0) is 29.9. The van der Waals surface area contributed by atoms with Crippen LogP contribution < -0.4 is 14.8 Å². The first-order chi connectivity index (χ1) is 19.5. The van der Waals surface area contributed by atoms with Crippen LogP contribution in [-0.4, -0.2) is 63.9 Å². The second-order valence-corrected chi connectivity index (χ2v) is 11.1. The van der Waals surface area contributed by atoms with Crippen LogP contribution in [-0.2, 0) is 27.9 Å². The van der Waals surface area contributed by atoms with Crippen molar-refractivity contribution in [2.45, 2.75) is 37.0 Å². The average Bonchev–Trinajstić information content (AvgIpc) is 3.47. The highest BCUT2D eigenvalue weighted by molar-refractivity contribution is 7.89. The Morgan fingerprint density at radius 1 is 0.927 bits per heavy atom. The van der Waals surface area contributed by atoms with E-state index >= 15 is 0 Å². The highest BCUT2D eigenvalue weighted by Crippen LogP contribution is 2.30. The number of carbonyl (C=O) groups is 1. The predicted octanol–water partition coefficient (Wildman–Crippen LogP) is 4.66. The number of carboxylic acids is 1. The molecule has 1 aliphatic rings. The normalized spacial score (nSPS) is 13.9. The Bertz CT molecular complexity index is 1360. The van der Waals surface area contributed by atoms with Gasteiger partial charge in [-0.05, 0) is 60.3 Å². The third-order valence-corrected chi connectivity index (χ3v) is 7.89. The number of sulfonamides is 1. The molecule has 0 atom stereocenters. The molecule has 0 amide bonds. The second-order valence-electron chi connectivity index (χ2n) is 9.40. The highest BCUT2D eigenvalue weighted by Gasteiger charge is 2.38. The molecule has 0 spiro atoms. The summed E-state index contributed by atoms with van der Waals surface area (Å²) in [6.45, 7) is 4.77. The molecule has 4 rings (SSSR count). The smallest absolute Gasteiger partial charge is 0.490 e. The number of alkyl halides is 3. The van der Waals surface area contributed by atoms with Crippen LogP contribution in [0.4, 0.5) is 13.2 Å². The zero-order valence-corrected chi connectivity index (χ0v) is 23.5. The number of rotatable bonds is 11. The molecule has 0 unspecified atom stereocenters. The first kappa shape index (κ1) is 32.1. The van der Waals surface area contributed by atoms with Crippen molar-refractivity contribution in [3.05, 3.63) is 83.9 Å². The number of carboxylic acid groups (broad SMARTS) is 1. The number of likely N-dealkylation sites (tertiary alicyclic amines) is 1. The maximum atomic E-state index is 13.0. The number of nitrogens with one attached hydrogen (secondary N) is 2. The van der Waals surface area contributed by atoms with Crippen LogP contribution in [0, 0.1) is 0 Å². The standard InChI is InChI=1S/C27H33N3O3S.C2HF3O2/c1-33-26-14-13-25(19-27(26)34(31,32)29-15-18-30-16-5-6-17-30)24-11-9-23(10-12-24)21-28-20-22-7-3-2-4-8-22;3-2(4,5)1(6)7/h2-4,7-14,19,28-29H,5-6,15-18,20-21H2,1H3;(H,6,7). The van der Waals surface area contributed by atoms with E-state index in [1.54, 1.807) is 12.1 Å². The Morgan fingerprint density at radius 2 is 1.49 bits per heavy atom. The van der Waals surface area contributed by atoms with Crippen LogP contribution in [0.15, 0.2) is 77.7 Å². The van der Waals surface area contributed by atoms with Gasteiger partial charge in [-0.2, -0.15) is 13.2 Å². The van der Waals surface area contributed by atoms with Gasteiger partial charge in [0.05, 0.1) is 7.11 Å². The van der Waals surface area contributed by atoms with E-state index in [0.717, 1.165) is 43.9 Å². The summed E-state index contributed by atoms with van der Waals surface area (Å²) in [4.78, 5) is 11.3. The van der Waals surface area contributed by atoms with Crippen molar-refractivity contribution in [1.29, 1.82) is 0 Å². The molecule has 1 saturated heterocycles. The monoisotopic (exact) mass is 593 g/mol. The van der Waals surface area contributed by atoms with Crippen molar-refractivity contribution < 1.29 is 36.2 Å². The van der Waals surface area contributed by atoms with Gasteiger partial charge in [0, 0.05) is 26.2 Å². The summed E-state index contributed by atoms with van der Waals surface area (Å²) in [7, 11) is -2.19. The van der Waals surface area contributed by atoms with E-state index in [-0.39, 0.29) is 4.90 Å². The summed E-state index contributed by atoms with van der Waals surface area (Å²) >= 11 is 0. The Labute approximate surface area is 238 Å². The fourth-order valence-electron chi connectivity index (χ4n) is 4.25. The Morgan fingerprint density at radius 3 is 2.05 bits per heavy atom. The third kappa shape index (κ3) is 10.2. The first-order valence-corrected chi connectivity index (χ1v) is 14.5. The van der Waals surface area contributed by atoms with Gasteiger partial charge in [-0.3, -0.25) is 0 Å². The SMILES string of the molecule is COc1ccc(-c2ccc(CNCc3ccccc3)cc2)cc1S(=O)(=O)NCCN1CCCC1.O=C(O)C(F)(F)F. The lowest BCUT2D eigenvalue weighted by atomic mass is 10.0. The molecule has 3 N–H and O–H groups in total. The quantitative estimate of drug-likeness (QED) is 0.297. The minimum atomic E-state index is -5.08. The summed E-state index contributed by atoms with van der Waals surface area (Å²) < 4.78 is 65.9. The van der Waals surface area contributed by atoms with Gasteiger partial charge in [0.15, 0.2) is 0 Å². The molecule has 0 bridgehead atoms. The van der Waals surface area contributed by atoms with Gasteiger partial charge in [0.1, 0.15) is 10.6 Å². The maximum absolute atomic E-state index is 13.0. The van der Waals surface area contributed by atoms with Crippen LogP contribution in [0.1, 0.15) is 24.0 Å². The highest BCUT2D eigenvalue weighted by atomic mass is 32.2. The number of ether oxygens (including phenoxy) is 1. The van der Waals surface area contributed by atoms with Crippen molar-refractivity contribution in [1.82, 2.24) is 14.9 Å². The first-order valence-electron chi connectivity index (χ1n) is 13.0. The summed E-state index contributed by atoms with van der Waals surface area (Å²) in [6, 6.07) is 23.8. The molecule has 3 aromatic rings. The summed E-state index contributed by atoms with van der Waals surface area (Å²) in [5.41, 5.74) is 4.22. The molecule has 41 heavy (non-hydrogen) atoms. The van der Waals surface area contributed by atoms with E-state index in [4.69, 9.17) is 14.6 Å². The molecule has 1 fully saturated rings. The number of hydrogen-bond donors (Lipinski definition) is 3. The molecule has 0 aromatic heterocycles. The van der Waals surface area contributed by atoms with Crippen LogP contribution in [0.25, 0.3) is 11.1 Å². The number of hydrogen-bond acceptors (Lipinski definition) is 6. The van der Waals surface area contributed by atoms with E-state index in [0.29, 0.717) is 12.3 Å². The fourth-order valence-corrected chi connectivity index (χ4v) is 5.46. The van der Waals surface area contributed by atoms with Crippen molar-refractivity contribution in [2.24, 2.45) is 0 Å². The van der Waals surface area contributed by atoms with Crippen LogP contribution in [0.5, 0.6) is 5.75 Å². The molecule has 1 aliphatic heterocycles. The van der Waals surface area contributed by atoms with E-state index in [1.807, 2.05) is 36.4 Å². The number of halogens is 3. The minimum Gasteiger partial charge on any atom is -0.495 e. The molecule has 8 nitrogen and oxygen atoms in total. The second kappa shape index (κ2) is 15.0. The number of methoxy groups -OCH3 is 1.